The number of hydrogen-bond acceptors (Lipinski definition) is 0. The summed E-state index contributed by atoms with van der Waals surface area (Å²) in [6.45, 7) is 0. The molecule has 32 valence electrons. The van der Waals surface area contributed by atoms with Crippen LogP contribution in [0.2, 0.25) is 0 Å². The molecule has 0 amide bonds. The van der Waals surface area contributed by atoms with Gasteiger partial charge in [-0.05, 0) is 0 Å². The Morgan fingerprint density at radius 3 is 1.00 bits per heavy atom. The zero-order chi connectivity index (χ0) is 3.58. The van der Waals surface area contributed by atoms with Crippen molar-refractivity contribution in [3.8, 4) is 0 Å². The molecule has 5 heavy (non-hydrogen) atoms. The molecule has 5 heteroatoms. The van der Waals surface area contributed by atoms with Crippen molar-refractivity contribution in [2.24, 2.45) is 0 Å². The van der Waals surface area contributed by atoms with Gasteiger partial charge in [0.05, 0.1) is 0 Å². The van der Waals surface area contributed by atoms with Crippen LogP contribution in [-0.4, -0.2) is 14.4 Å². The molecule has 0 nitrogen and oxygen atoms in total. The average molecular weight is 435 g/mol. The third-order valence-corrected chi connectivity index (χ3v) is 0. The van der Waals surface area contributed by atoms with E-state index in [0.717, 1.165) is 0 Å². The van der Waals surface area contributed by atoms with Crippen LogP contribution in [-0.2, 0) is 0 Å². The van der Waals surface area contributed by atoms with Crippen LogP contribution in [0, 0.1) is 0 Å². The summed E-state index contributed by atoms with van der Waals surface area (Å²) < 4.78 is 0. The summed E-state index contributed by atoms with van der Waals surface area (Å²) in [4.78, 5) is 0. The standard InChI is InChI=1S/4BrH.In/h4*1H;/q;;;;+3/p-3. The molecule has 0 radical (unpaired) electrons. The van der Waals surface area contributed by atoms with Gasteiger partial charge in [0, 0.05) is 0 Å². The van der Waals surface area contributed by atoms with E-state index in [2.05, 4.69) is 36.9 Å². The minimum absolute atomic E-state index is 0. The predicted molar refractivity (Wildman–Crippen MR) is 42.9 cm³/mol. The fourth-order valence-electron chi connectivity index (χ4n) is 0. The van der Waals surface area contributed by atoms with Crippen molar-refractivity contribution in [1.82, 2.24) is 0 Å². The van der Waals surface area contributed by atoms with Crippen LogP contribution >= 0.6 is 53.9 Å². The Morgan fingerprint density at radius 1 is 1.00 bits per heavy atom. The van der Waals surface area contributed by atoms with Gasteiger partial charge in [-0.1, -0.05) is 0 Å². The van der Waals surface area contributed by atoms with Gasteiger partial charge >= 0.3 is 51.3 Å². The van der Waals surface area contributed by atoms with Crippen molar-refractivity contribution in [2.45, 2.75) is 0 Å². The van der Waals surface area contributed by atoms with Crippen molar-refractivity contribution in [1.29, 1.82) is 0 Å². The molecule has 0 aliphatic carbocycles. The molecule has 0 spiro atoms. The molecular formula is HBr4In. The summed E-state index contributed by atoms with van der Waals surface area (Å²) in [5, 5.41) is 0. The Kier molecular flexibility index (Phi) is 14.5. The van der Waals surface area contributed by atoms with Gasteiger partial charge < -0.3 is 0 Å². The van der Waals surface area contributed by atoms with Gasteiger partial charge in [0.15, 0.2) is 0 Å². The molecular weight excluding hydrogens is 434 g/mol. The van der Waals surface area contributed by atoms with E-state index in [4.69, 9.17) is 0 Å². The Hall–Kier alpha value is 2.79. The Balaban J connectivity index is 0. The van der Waals surface area contributed by atoms with Gasteiger partial charge in [0.25, 0.3) is 0 Å². The normalized spacial score (nSPS) is 5.40. The van der Waals surface area contributed by atoms with Crippen molar-refractivity contribution in [2.75, 3.05) is 0 Å². The SMILES string of the molecule is Br.[Br][In]([Br])[Br]. The third-order valence-electron chi connectivity index (χ3n) is 0. The molecule has 0 N–H and O–H groups in total. The summed E-state index contributed by atoms with van der Waals surface area (Å²) in [5.41, 5.74) is 0. The predicted octanol–water partition coefficient (Wildman–Crippen LogP) is 2.73. The van der Waals surface area contributed by atoms with Gasteiger partial charge in [-0.2, -0.15) is 0 Å². The van der Waals surface area contributed by atoms with Crippen LogP contribution < -0.4 is 0 Å². The van der Waals surface area contributed by atoms with Gasteiger partial charge in [-0.3, -0.25) is 0 Å². The summed E-state index contributed by atoms with van der Waals surface area (Å²) in [7, 11) is 0. The molecule has 0 saturated carbocycles. The molecule has 0 aromatic carbocycles. The topological polar surface area (TPSA) is 0 Å². The molecule has 0 aromatic rings. The quantitative estimate of drug-likeness (QED) is 0.549. The molecule has 0 fully saturated rings. The van der Waals surface area contributed by atoms with Crippen LogP contribution in [0.25, 0.3) is 0 Å². The van der Waals surface area contributed by atoms with Crippen molar-refractivity contribution >= 4 is 68.3 Å². The molecule has 0 unspecified atom stereocenters. The Labute approximate surface area is 66.9 Å². The van der Waals surface area contributed by atoms with E-state index in [-0.39, 0.29) is 17.0 Å². The number of halogens is 4. The molecule has 0 bridgehead atoms. The van der Waals surface area contributed by atoms with Crippen LogP contribution in [0.15, 0.2) is 0 Å². The molecule has 0 heterocycles. The number of hydrogen-bond donors (Lipinski definition) is 0. The summed E-state index contributed by atoms with van der Waals surface area (Å²) in [5.74, 6) is 0. The van der Waals surface area contributed by atoms with E-state index in [1.807, 2.05) is 0 Å². The second-order valence-electron chi connectivity index (χ2n) is 0.247. The second kappa shape index (κ2) is 6.79. The van der Waals surface area contributed by atoms with Crippen molar-refractivity contribution in [3.63, 3.8) is 0 Å². The van der Waals surface area contributed by atoms with E-state index in [9.17, 15) is 0 Å². The second-order valence-corrected chi connectivity index (χ2v) is 44.8. The summed E-state index contributed by atoms with van der Waals surface area (Å²) in [6, 6.07) is 0. The maximum absolute atomic E-state index is 3.31. The maximum atomic E-state index is 3.31. The minimum atomic E-state index is -1.20. The van der Waals surface area contributed by atoms with Gasteiger partial charge in [-0.15, -0.1) is 17.0 Å². The molecule has 0 aromatic heterocycles. The van der Waals surface area contributed by atoms with Crippen molar-refractivity contribution in [3.05, 3.63) is 0 Å². The van der Waals surface area contributed by atoms with Gasteiger partial charge in [-0.25, -0.2) is 0 Å². The van der Waals surface area contributed by atoms with Crippen LogP contribution in [0.5, 0.6) is 0 Å². The number of rotatable bonds is 0. The van der Waals surface area contributed by atoms with Crippen LogP contribution in [0.3, 0.4) is 0 Å². The first-order chi connectivity index (χ1) is 1.73. The van der Waals surface area contributed by atoms with Crippen molar-refractivity contribution < 1.29 is 0 Å². The third kappa shape index (κ3) is 20.0. The van der Waals surface area contributed by atoms with Crippen LogP contribution in [0.1, 0.15) is 0 Å². The first-order valence-electron chi connectivity index (χ1n) is 0.655. The van der Waals surface area contributed by atoms with Crippen LogP contribution in [0.4, 0.5) is 0 Å². The fraction of sp³-hybridized carbons (Fsp3) is 0. The molecule has 0 aliphatic rings. The first-order valence-corrected chi connectivity index (χ1v) is 22.8. The Bertz CT molecular complexity index is 8.36. The molecule has 0 rings (SSSR count). The van der Waals surface area contributed by atoms with E-state index < -0.39 is 14.4 Å². The van der Waals surface area contributed by atoms with Gasteiger partial charge in [0.2, 0.25) is 0 Å². The van der Waals surface area contributed by atoms with E-state index in [0.29, 0.717) is 0 Å². The van der Waals surface area contributed by atoms with E-state index >= 15 is 0 Å². The molecule has 0 saturated heterocycles. The monoisotopic (exact) mass is 432 g/mol. The zero-order valence-electron chi connectivity index (χ0n) is 2.12. The van der Waals surface area contributed by atoms with Gasteiger partial charge in [0.1, 0.15) is 0 Å². The zero-order valence-corrected chi connectivity index (χ0v) is 11.9. The fourth-order valence-corrected chi connectivity index (χ4v) is 0. The molecule has 0 aliphatic heterocycles. The van der Waals surface area contributed by atoms with E-state index in [1.54, 1.807) is 0 Å². The Morgan fingerprint density at radius 2 is 1.00 bits per heavy atom. The first kappa shape index (κ1) is 10.7. The summed E-state index contributed by atoms with van der Waals surface area (Å²) in [6.07, 6.45) is 0. The van der Waals surface area contributed by atoms with E-state index in [1.165, 1.54) is 0 Å². The summed E-state index contributed by atoms with van der Waals surface area (Å²) >= 11 is 8.74. The molecule has 0 atom stereocenters. The average Bonchev–Trinajstić information content (AvgIpc) is 0.811.